The number of imide groups is 1. The van der Waals surface area contributed by atoms with Crippen molar-refractivity contribution in [3.05, 3.63) is 89.5 Å². The van der Waals surface area contributed by atoms with Crippen molar-refractivity contribution < 1.29 is 19.1 Å². The second kappa shape index (κ2) is 9.14. The van der Waals surface area contributed by atoms with Gasteiger partial charge in [0, 0.05) is 17.6 Å². The summed E-state index contributed by atoms with van der Waals surface area (Å²) in [6, 6.07) is 21.9. The number of benzene rings is 3. The minimum Gasteiger partial charge on any atom is -0.457 e. The van der Waals surface area contributed by atoms with Crippen molar-refractivity contribution in [2.24, 2.45) is 5.92 Å². The molecule has 3 amide bonds. The summed E-state index contributed by atoms with van der Waals surface area (Å²) in [5.74, 6) is 0.839. The van der Waals surface area contributed by atoms with Gasteiger partial charge in [-0.05, 0) is 81.1 Å². The van der Waals surface area contributed by atoms with Crippen molar-refractivity contribution >= 4 is 23.4 Å². The molecule has 0 radical (unpaired) electrons. The highest BCUT2D eigenvalue weighted by Gasteiger charge is 2.41. The number of hydrogen-bond acceptors (Lipinski definition) is 4. The van der Waals surface area contributed by atoms with Crippen LogP contribution >= 0.6 is 0 Å². The van der Waals surface area contributed by atoms with E-state index in [2.05, 4.69) is 5.32 Å². The molecule has 6 nitrogen and oxygen atoms in total. The second-order valence-electron chi connectivity index (χ2n) is 8.96. The highest BCUT2D eigenvalue weighted by atomic mass is 16.5. The third-order valence-electron chi connectivity index (χ3n) is 6.64. The van der Waals surface area contributed by atoms with Gasteiger partial charge in [-0.1, -0.05) is 29.8 Å². The van der Waals surface area contributed by atoms with Gasteiger partial charge in [0.25, 0.3) is 11.8 Å². The molecule has 1 N–H and O–H groups in total. The molecular weight excluding hydrogens is 428 g/mol. The van der Waals surface area contributed by atoms with Gasteiger partial charge in [0.1, 0.15) is 11.5 Å². The third-order valence-corrected chi connectivity index (χ3v) is 6.64. The Kier molecular flexibility index (Phi) is 5.88. The average molecular weight is 455 g/mol. The predicted molar refractivity (Wildman–Crippen MR) is 129 cm³/mol. The quantitative estimate of drug-likeness (QED) is 0.511. The topological polar surface area (TPSA) is 75.7 Å². The second-order valence-corrected chi connectivity index (χ2v) is 8.96. The molecule has 0 bridgehead atoms. The van der Waals surface area contributed by atoms with E-state index < -0.39 is 0 Å². The average Bonchev–Trinajstić information content (AvgIpc) is 3.12. The zero-order valence-corrected chi connectivity index (χ0v) is 19.0. The Labute approximate surface area is 198 Å². The first-order chi connectivity index (χ1) is 16.5. The standard InChI is InChI=1S/C28H26N2O4/c1-18-6-14-22(15-7-18)34-23-16-10-20(11-17-23)29-26(31)19-8-12-21(13-9-19)30-27(32)24-4-2-3-5-25(24)28(30)33/h2-7,10-11,14-17,19,21H,8-9,12-13H2,1H3,(H,29,31). The van der Waals surface area contributed by atoms with Crippen molar-refractivity contribution in [1.29, 1.82) is 0 Å². The number of ether oxygens (including phenoxy) is 1. The lowest BCUT2D eigenvalue weighted by Gasteiger charge is -2.32. The fourth-order valence-electron chi connectivity index (χ4n) is 4.73. The zero-order valence-electron chi connectivity index (χ0n) is 19.0. The first-order valence-electron chi connectivity index (χ1n) is 11.6. The largest absolute Gasteiger partial charge is 0.457 e. The maximum Gasteiger partial charge on any atom is 0.261 e. The van der Waals surface area contributed by atoms with E-state index in [1.807, 2.05) is 55.5 Å². The van der Waals surface area contributed by atoms with E-state index in [0.29, 0.717) is 48.2 Å². The van der Waals surface area contributed by atoms with Crippen molar-refractivity contribution in [2.45, 2.75) is 38.6 Å². The van der Waals surface area contributed by atoms with Crippen LogP contribution < -0.4 is 10.1 Å². The minimum atomic E-state index is -0.221. The number of rotatable bonds is 5. The molecule has 1 saturated carbocycles. The number of fused-ring (bicyclic) bond motifs is 1. The normalized spacial score (nSPS) is 19.6. The Morgan fingerprint density at radius 2 is 1.32 bits per heavy atom. The summed E-state index contributed by atoms with van der Waals surface area (Å²) >= 11 is 0. The summed E-state index contributed by atoms with van der Waals surface area (Å²) in [6.07, 6.45) is 2.54. The Morgan fingerprint density at radius 3 is 1.88 bits per heavy atom. The number of nitrogens with zero attached hydrogens (tertiary/aromatic N) is 1. The molecule has 1 fully saturated rings. The van der Waals surface area contributed by atoms with Crippen LogP contribution in [0.25, 0.3) is 0 Å². The van der Waals surface area contributed by atoms with Crippen molar-refractivity contribution in [1.82, 2.24) is 4.90 Å². The first kappa shape index (κ1) is 21.9. The Bertz CT molecular complexity index is 1190. The van der Waals surface area contributed by atoms with E-state index in [0.717, 1.165) is 5.75 Å². The highest BCUT2D eigenvalue weighted by Crippen LogP contribution is 2.34. The molecule has 1 heterocycles. The first-order valence-corrected chi connectivity index (χ1v) is 11.6. The van der Waals surface area contributed by atoms with Gasteiger partial charge in [0.05, 0.1) is 11.1 Å². The molecule has 0 atom stereocenters. The van der Waals surface area contributed by atoms with E-state index in [1.54, 1.807) is 24.3 Å². The molecule has 34 heavy (non-hydrogen) atoms. The number of aryl methyl sites for hydroxylation is 1. The molecule has 5 rings (SSSR count). The fourth-order valence-corrected chi connectivity index (χ4v) is 4.73. The van der Waals surface area contributed by atoms with Gasteiger partial charge in [-0.15, -0.1) is 0 Å². The molecule has 6 heteroatoms. The molecule has 0 unspecified atom stereocenters. The molecule has 3 aromatic rings. The van der Waals surface area contributed by atoms with E-state index in [4.69, 9.17) is 4.74 Å². The minimum absolute atomic E-state index is 0.0342. The SMILES string of the molecule is Cc1ccc(Oc2ccc(NC(=O)C3CCC(N4C(=O)c5ccccc5C4=O)CC3)cc2)cc1. The van der Waals surface area contributed by atoms with Gasteiger partial charge >= 0.3 is 0 Å². The third kappa shape index (κ3) is 4.31. The maximum absolute atomic E-state index is 12.8. The summed E-state index contributed by atoms with van der Waals surface area (Å²) in [6.45, 7) is 2.03. The lowest BCUT2D eigenvalue weighted by molar-refractivity contribution is -0.121. The molecule has 2 aliphatic rings. The van der Waals surface area contributed by atoms with Crippen molar-refractivity contribution in [3.8, 4) is 11.5 Å². The number of amides is 3. The summed E-state index contributed by atoms with van der Waals surface area (Å²) in [5, 5.41) is 2.98. The summed E-state index contributed by atoms with van der Waals surface area (Å²) < 4.78 is 5.84. The summed E-state index contributed by atoms with van der Waals surface area (Å²) in [4.78, 5) is 39.7. The lowest BCUT2D eigenvalue weighted by atomic mass is 9.84. The van der Waals surface area contributed by atoms with Crippen LogP contribution in [0.1, 0.15) is 52.0 Å². The molecule has 3 aromatic carbocycles. The smallest absolute Gasteiger partial charge is 0.261 e. The van der Waals surface area contributed by atoms with E-state index in [-0.39, 0.29) is 29.7 Å². The van der Waals surface area contributed by atoms with Gasteiger partial charge in [-0.2, -0.15) is 0 Å². The monoisotopic (exact) mass is 454 g/mol. The van der Waals surface area contributed by atoms with E-state index >= 15 is 0 Å². The van der Waals surface area contributed by atoms with Gasteiger partial charge < -0.3 is 10.1 Å². The predicted octanol–water partition coefficient (Wildman–Crippen LogP) is 5.58. The maximum atomic E-state index is 12.8. The van der Waals surface area contributed by atoms with Crippen LogP contribution in [0.15, 0.2) is 72.8 Å². The highest BCUT2D eigenvalue weighted by molar-refractivity contribution is 6.21. The van der Waals surface area contributed by atoms with Gasteiger partial charge in [-0.3, -0.25) is 19.3 Å². The number of nitrogens with one attached hydrogen (secondary N) is 1. The fraction of sp³-hybridized carbons (Fsp3) is 0.250. The van der Waals surface area contributed by atoms with Crippen LogP contribution in [0, 0.1) is 12.8 Å². The van der Waals surface area contributed by atoms with Crippen LogP contribution in [0.3, 0.4) is 0 Å². The molecule has 172 valence electrons. The number of hydrogen-bond donors (Lipinski definition) is 1. The van der Waals surface area contributed by atoms with E-state index in [1.165, 1.54) is 10.5 Å². The van der Waals surface area contributed by atoms with Crippen LogP contribution in [-0.2, 0) is 4.79 Å². The van der Waals surface area contributed by atoms with Crippen LogP contribution in [0.2, 0.25) is 0 Å². The Hall–Kier alpha value is -3.93. The molecule has 1 aliphatic heterocycles. The van der Waals surface area contributed by atoms with Crippen LogP contribution in [-0.4, -0.2) is 28.7 Å². The van der Waals surface area contributed by atoms with Gasteiger partial charge in [0.15, 0.2) is 0 Å². The van der Waals surface area contributed by atoms with Crippen molar-refractivity contribution in [3.63, 3.8) is 0 Å². The molecule has 0 saturated heterocycles. The molecule has 1 aliphatic carbocycles. The van der Waals surface area contributed by atoms with Crippen LogP contribution in [0.4, 0.5) is 5.69 Å². The molecule has 0 aromatic heterocycles. The van der Waals surface area contributed by atoms with Crippen molar-refractivity contribution in [2.75, 3.05) is 5.32 Å². The van der Waals surface area contributed by atoms with E-state index in [9.17, 15) is 14.4 Å². The zero-order chi connectivity index (χ0) is 23.7. The van der Waals surface area contributed by atoms with Gasteiger partial charge in [-0.25, -0.2) is 0 Å². The molecule has 0 spiro atoms. The summed E-state index contributed by atoms with van der Waals surface area (Å²) in [7, 11) is 0. The Balaban J connectivity index is 1.15. The summed E-state index contributed by atoms with van der Waals surface area (Å²) in [5.41, 5.74) is 2.83. The lowest BCUT2D eigenvalue weighted by Crippen LogP contribution is -2.43. The number of anilines is 1. The number of carbonyl (C=O) groups is 3. The molecular formula is C28H26N2O4. The van der Waals surface area contributed by atoms with Crippen LogP contribution in [0.5, 0.6) is 11.5 Å². The number of carbonyl (C=O) groups excluding carboxylic acids is 3. The van der Waals surface area contributed by atoms with Gasteiger partial charge in [0.2, 0.25) is 5.91 Å². The Morgan fingerprint density at radius 1 is 0.794 bits per heavy atom.